The van der Waals surface area contributed by atoms with E-state index in [1.54, 1.807) is 0 Å². The number of hydrogen-bond acceptors (Lipinski definition) is 1. The smallest absolute Gasteiger partial charge is 0.119 e. The lowest BCUT2D eigenvalue weighted by molar-refractivity contribution is -0.126. The van der Waals surface area contributed by atoms with Crippen LogP contribution in [0.5, 0.6) is 5.75 Å². The molecule has 5 rings (SSSR count). The van der Waals surface area contributed by atoms with E-state index in [4.69, 9.17) is 4.74 Å². The second kappa shape index (κ2) is 9.82. The maximum absolute atomic E-state index is 6.46. The molecule has 4 aliphatic carbocycles. The summed E-state index contributed by atoms with van der Waals surface area (Å²) in [5.41, 5.74) is 1.18. The van der Waals surface area contributed by atoms with E-state index in [0.717, 1.165) is 47.2 Å². The molecule has 34 heavy (non-hydrogen) atoms. The van der Waals surface area contributed by atoms with Crippen LogP contribution in [0.4, 0.5) is 0 Å². The van der Waals surface area contributed by atoms with E-state index in [0.29, 0.717) is 16.9 Å². The largest absolute Gasteiger partial charge is 0.490 e. The third-order valence-electron chi connectivity index (χ3n) is 11.9. The van der Waals surface area contributed by atoms with Gasteiger partial charge in [-0.15, -0.1) is 0 Å². The second-order valence-electron chi connectivity index (χ2n) is 14.0. The molecule has 0 amide bonds. The molecule has 0 aromatic heterocycles. The Morgan fingerprint density at radius 2 is 1.56 bits per heavy atom. The Bertz CT molecular complexity index is 800. The number of rotatable bonds is 7. The van der Waals surface area contributed by atoms with Crippen molar-refractivity contribution in [3.05, 3.63) is 30.3 Å². The maximum atomic E-state index is 6.46. The van der Waals surface area contributed by atoms with Gasteiger partial charge in [0.05, 0.1) is 6.10 Å². The lowest BCUT2D eigenvalue weighted by Gasteiger charge is -2.61. The Morgan fingerprint density at radius 3 is 2.32 bits per heavy atom. The Kier molecular flexibility index (Phi) is 7.13. The van der Waals surface area contributed by atoms with Gasteiger partial charge in [0.1, 0.15) is 5.75 Å². The molecule has 0 aliphatic heterocycles. The average molecular weight is 465 g/mol. The van der Waals surface area contributed by atoms with Crippen LogP contribution < -0.4 is 4.74 Å². The molecule has 0 spiro atoms. The van der Waals surface area contributed by atoms with Crippen molar-refractivity contribution in [3.63, 3.8) is 0 Å². The van der Waals surface area contributed by atoms with Gasteiger partial charge in [-0.3, -0.25) is 0 Å². The monoisotopic (exact) mass is 464 g/mol. The van der Waals surface area contributed by atoms with Crippen molar-refractivity contribution < 1.29 is 4.74 Å². The fourth-order valence-electron chi connectivity index (χ4n) is 10.0. The molecule has 4 aliphatic rings. The Morgan fingerprint density at radius 1 is 0.824 bits per heavy atom. The van der Waals surface area contributed by atoms with Crippen LogP contribution in [0.15, 0.2) is 30.3 Å². The third-order valence-corrected chi connectivity index (χ3v) is 11.9. The van der Waals surface area contributed by atoms with Gasteiger partial charge in [-0.05, 0) is 122 Å². The van der Waals surface area contributed by atoms with Crippen LogP contribution >= 0.6 is 0 Å². The SMILES string of the molecule is CC(C)CCC[C@@H](C)[C@H]1CC[C@H]2[C@@H]3CC[C@H]4C[C@H](Oc5ccccc5)CC[C@]4(C)[C@H]3CC[C@]12C. The van der Waals surface area contributed by atoms with E-state index in [1.807, 2.05) is 0 Å². The van der Waals surface area contributed by atoms with Crippen molar-refractivity contribution in [2.45, 2.75) is 118 Å². The number of hydrogen-bond donors (Lipinski definition) is 0. The van der Waals surface area contributed by atoms with Gasteiger partial charge in [0.25, 0.3) is 0 Å². The third kappa shape index (κ3) is 4.48. The van der Waals surface area contributed by atoms with E-state index < -0.39 is 0 Å². The van der Waals surface area contributed by atoms with Crippen LogP contribution in [-0.2, 0) is 0 Å². The van der Waals surface area contributed by atoms with E-state index >= 15 is 0 Å². The summed E-state index contributed by atoms with van der Waals surface area (Å²) in [4.78, 5) is 0. The number of para-hydroxylation sites is 1. The van der Waals surface area contributed by atoms with E-state index in [2.05, 4.69) is 65.0 Å². The van der Waals surface area contributed by atoms with Gasteiger partial charge < -0.3 is 4.74 Å². The molecule has 0 bridgehead atoms. The average Bonchev–Trinajstić information content (AvgIpc) is 3.17. The molecule has 1 heteroatoms. The van der Waals surface area contributed by atoms with Gasteiger partial charge in [-0.1, -0.05) is 72.1 Å². The zero-order valence-electron chi connectivity index (χ0n) is 22.9. The topological polar surface area (TPSA) is 9.23 Å². The van der Waals surface area contributed by atoms with Gasteiger partial charge >= 0.3 is 0 Å². The molecule has 1 aromatic rings. The quantitative estimate of drug-likeness (QED) is 0.390. The van der Waals surface area contributed by atoms with E-state index in [9.17, 15) is 0 Å². The molecule has 4 fully saturated rings. The lowest BCUT2D eigenvalue weighted by Crippen LogP contribution is -2.54. The minimum absolute atomic E-state index is 0.424. The van der Waals surface area contributed by atoms with Crippen molar-refractivity contribution in [3.8, 4) is 5.75 Å². The first-order valence-electron chi connectivity index (χ1n) is 15.0. The van der Waals surface area contributed by atoms with Gasteiger partial charge in [0.15, 0.2) is 0 Å². The van der Waals surface area contributed by atoms with E-state index in [1.165, 1.54) is 77.0 Å². The maximum Gasteiger partial charge on any atom is 0.119 e. The summed E-state index contributed by atoms with van der Waals surface area (Å²) in [5, 5.41) is 0. The molecule has 190 valence electrons. The summed E-state index contributed by atoms with van der Waals surface area (Å²) in [6, 6.07) is 10.6. The second-order valence-corrected chi connectivity index (χ2v) is 14.0. The molecule has 0 radical (unpaired) electrons. The molecule has 0 heterocycles. The molecule has 9 atom stereocenters. The van der Waals surface area contributed by atoms with Crippen molar-refractivity contribution in [1.29, 1.82) is 0 Å². The summed E-state index contributed by atoms with van der Waals surface area (Å²) in [6.45, 7) is 12.8. The standard InChI is InChI=1S/C33H52O/c1-23(2)10-9-11-24(3)29-16-17-30-28-15-14-25-22-27(34-26-12-7-6-8-13-26)18-20-32(25,4)31(28)19-21-33(29,30)5/h6-8,12-13,23-25,27-31H,9-11,14-22H2,1-5H3/t24-,25+,27-,28+,29-,30+,31+,32+,33-/m1/s1. The Labute approximate surface area is 210 Å². The molecular formula is C33H52O. The van der Waals surface area contributed by atoms with Crippen LogP contribution in [0.1, 0.15) is 112 Å². The Hall–Kier alpha value is -0.980. The van der Waals surface area contributed by atoms with Gasteiger partial charge in [0, 0.05) is 0 Å². The lowest BCUT2D eigenvalue weighted by atomic mass is 9.44. The van der Waals surface area contributed by atoms with Crippen LogP contribution in [-0.4, -0.2) is 6.10 Å². The van der Waals surface area contributed by atoms with Crippen molar-refractivity contribution >= 4 is 0 Å². The molecule has 0 unspecified atom stereocenters. The summed E-state index contributed by atoms with van der Waals surface area (Å²) >= 11 is 0. The van der Waals surface area contributed by atoms with Crippen molar-refractivity contribution in [2.24, 2.45) is 52.3 Å². The normalized spacial score (nSPS) is 42.5. The zero-order valence-corrected chi connectivity index (χ0v) is 22.9. The summed E-state index contributed by atoms with van der Waals surface area (Å²) < 4.78 is 6.46. The predicted molar refractivity (Wildman–Crippen MR) is 144 cm³/mol. The highest BCUT2D eigenvalue weighted by Crippen LogP contribution is 2.68. The van der Waals surface area contributed by atoms with Crippen LogP contribution in [0.25, 0.3) is 0 Å². The predicted octanol–water partition coefficient (Wildman–Crippen LogP) is 9.56. The summed E-state index contributed by atoms with van der Waals surface area (Å²) in [5.74, 6) is 7.66. The van der Waals surface area contributed by atoms with Gasteiger partial charge in [-0.2, -0.15) is 0 Å². The number of benzene rings is 1. The van der Waals surface area contributed by atoms with Gasteiger partial charge in [-0.25, -0.2) is 0 Å². The first-order chi connectivity index (χ1) is 16.3. The van der Waals surface area contributed by atoms with E-state index in [-0.39, 0.29) is 0 Å². The minimum atomic E-state index is 0.424. The highest BCUT2D eigenvalue weighted by Gasteiger charge is 2.60. The molecule has 4 saturated carbocycles. The Balaban J connectivity index is 1.24. The summed E-state index contributed by atoms with van der Waals surface area (Å²) in [7, 11) is 0. The number of fused-ring (bicyclic) bond motifs is 5. The van der Waals surface area contributed by atoms with Crippen LogP contribution in [0, 0.1) is 52.3 Å². The highest BCUT2D eigenvalue weighted by molar-refractivity contribution is 5.21. The van der Waals surface area contributed by atoms with Crippen LogP contribution in [0.2, 0.25) is 0 Å². The fraction of sp³-hybridized carbons (Fsp3) is 0.818. The first kappa shape index (κ1) is 24.7. The first-order valence-corrected chi connectivity index (χ1v) is 15.0. The number of ether oxygens (including phenoxy) is 1. The molecule has 0 N–H and O–H groups in total. The van der Waals surface area contributed by atoms with Crippen molar-refractivity contribution in [2.75, 3.05) is 0 Å². The van der Waals surface area contributed by atoms with Crippen molar-refractivity contribution in [1.82, 2.24) is 0 Å². The minimum Gasteiger partial charge on any atom is -0.490 e. The highest BCUT2D eigenvalue weighted by atomic mass is 16.5. The van der Waals surface area contributed by atoms with Gasteiger partial charge in [0.2, 0.25) is 0 Å². The molecular weight excluding hydrogens is 412 g/mol. The molecule has 0 saturated heterocycles. The zero-order chi connectivity index (χ0) is 23.9. The molecule has 1 nitrogen and oxygen atoms in total. The van der Waals surface area contributed by atoms with Crippen LogP contribution in [0.3, 0.4) is 0 Å². The summed E-state index contributed by atoms with van der Waals surface area (Å²) in [6.07, 6.45) is 17.7. The fourth-order valence-corrected chi connectivity index (χ4v) is 10.0. The molecule has 1 aromatic carbocycles.